The van der Waals surface area contributed by atoms with Crippen LogP contribution in [0.25, 0.3) is 0 Å². The Morgan fingerprint density at radius 3 is 2.52 bits per heavy atom. The monoisotopic (exact) mass is 288 g/mol. The first-order chi connectivity index (χ1) is 10.2. The number of hydrogen-bond donors (Lipinski definition) is 1. The van der Waals surface area contributed by atoms with E-state index in [0.29, 0.717) is 22.8 Å². The van der Waals surface area contributed by atoms with Crippen molar-refractivity contribution < 1.29 is 24.1 Å². The van der Waals surface area contributed by atoms with E-state index in [1.54, 1.807) is 37.3 Å². The van der Waals surface area contributed by atoms with Gasteiger partial charge < -0.3 is 19.3 Å². The molecule has 0 amide bonds. The Morgan fingerprint density at radius 1 is 1.14 bits per heavy atom. The molecule has 1 N–H and O–H groups in total. The first kappa shape index (κ1) is 14.9. The Labute approximate surface area is 122 Å². The molecule has 3 rings (SSSR count). The average Bonchev–Trinajstić information content (AvgIpc) is 2.95. The third-order valence-electron chi connectivity index (χ3n) is 2.58. The molecule has 5 heteroatoms. The molecule has 0 bridgehead atoms. The maximum Gasteiger partial charge on any atom is 0.231 e. The summed E-state index contributed by atoms with van der Waals surface area (Å²) in [5, 5.41) is 8.78. The second-order valence-electron chi connectivity index (χ2n) is 4.26. The highest BCUT2D eigenvalue weighted by Gasteiger charge is 2.12. The minimum Gasteiger partial charge on any atom is -0.465 e. The number of hydrogen-bond acceptors (Lipinski definition) is 5. The van der Waals surface area contributed by atoms with E-state index < -0.39 is 6.29 Å². The van der Waals surface area contributed by atoms with Gasteiger partial charge in [0.15, 0.2) is 17.8 Å². The summed E-state index contributed by atoms with van der Waals surface area (Å²) in [6.45, 7) is 1.82. The van der Waals surface area contributed by atoms with Gasteiger partial charge in [-0.1, -0.05) is 18.2 Å². The van der Waals surface area contributed by atoms with Crippen molar-refractivity contribution in [2.24, 2.45) is 0 Å². The molecular weight excluding hydrogens is 272 g/mol. The third-order valence-corrected chi connectivity index (χ3v) is 2.58. The molecule has 0 fully saturated rings. The van der Waals surface area contributed by atoms with Crippen LogP contribution in [0.2, 0.25) is 0 Å². The lowest BCUT2D eigenvalue weighted by molar-refractivity contribution is -0.000292. The summed E-state index contributed by atoms with van der Waals surface area (Å²) in [4.78, 5) is 10.3. The van der Waals surface area contributed by atoms with Gasteiger partial charge in [-0.25, -0.2) is 0 Å². The Kier molecular flexibility index (Phi) is 5.17. The predicted molar refractivity (Wildman–Crippen MR) is 76.7 cm³/mol. The zero-order valence-electron chi connectivity index (χ0n) is 11.6. The van der Waals surface area contributed by atoms with Crippen LogP contribution in [0.5, 0.6) is 17.2 Å². The van der Waals surface area contributed by atoms with E-state index in [1.165, 1.54) is 0 Å². The molecule has 0 saturated heterocycles. The number of ether oxygens (including phenoxy) is 3. The van der Waals surface area contributed by atoms with Crippen LogP contribution in [0.15, 0.2) is 48.5 Å². The molecule has 2 aromatic rings. The van der Waals surface area contributed by atoms with E-state index in [-0.39, 0.29) is 6.79 Å². The fourth-order valence-electron chi connectivity index (χ4n) is 1.68. The Bertz CT molecular complexity index is 580. The van der Waals surface area contributed by atoms with Crippen LogP contribution >= 0.6 is 0 Å². The maximum absolute atomic E-state index is 10.3. The second kappa shape index (κ2) is 7.31. The Morgan fingerprint density at radius 2 is 1.86 bits per heavy atom. The van der Waals surface area contributed by atoms with Crippen LogP contribution in [0.1, 0.15) is 17.3 Å². The van der Waals surface area contributed by atoms with Crippen molar-refractivity contribution in [2.45, 2.75) is 13.2 Å². The first-order valence-electron chi connectivity index (χ1n) is 6.43. The lowest BCUT2D eigenvalue weighted by atomic mass is 10.2. The highest BCUT2D eigenvalue weighted by Crippen LogP contribution is 2.31. The van der Waals surface area contributed by atoms with E-state index >= 15 is 0 Å². The SMILES string of the molecule is CC(O)Oc1ccccc1.O=Cc1ccc2c(c1)OCO2. The van der Waals surface area contributed by atoms with Crippen LogP contribution in [-0.2, 0) is 0 Å². The second-order valence-corrected chi connectivity index (χ2v) is 4.26. The van der Waals surface area contributed by atoms with Crippen molar-refractivity contribution in [2.75, 3.05) is 6.79 Å². The smallest absolute Gasteiger partial charge is 0.231 e. The van der Waals surface area contributed by atoms with Gasteiger partial charge in [0.2, 0.25) is 6.79 Å². The number of carbonyl (C=O) groups excluding carboxylic acids is 1. The van der Waals surface area contributed by atoms with Crippen molar-refractivity contribution in [1.29, 1.82) is 0 Å². The topological polar surface area (TPSA) is 65.0 Å². The summed E-state index contributed by atoms with van der Waals surface area (Å²) in [6.07, 6.45) is 0.0458. The molecule has 110 valence electrons. The highest BCUT2D eigenvalue weighted by molar-refractivity contribution is 5.76. The summed E-state index contributed by atoms with van der Waals surface area (Å²) < 4.78 is 15.1. The summed E-state index contributed by atoms with van der Waals surface area (Å²) in [5.74, 6) is 2.04. The van der Waals surface area contributed by atoms with Gasteiger partial charge in [0.1, 0.15) is 12.0 Å². The Balaban J connectivity index is 0.000000155. The molecule has 1 atom stereocenters. The lowest BCUT2D eigenvalue weighted by Crippen LogP contribution is -2.08. The molecule has 0 aromatic heterocycles. The summed E-state index contributed by atoms with van der Waals surface area (Å²) >= 11 is 0. The molecule has 0 aliphatic carbocycles. The predicted octanol–water partition coefficient (Wildman–Crippen LogP) is 2.63. The van der Waals surface area contributed by atoms with Gasteiger partial charge in [-0.2, -0.15) is 0 Å². The van der Waals surface area contributed by atoms with Crippen molar-refractivity contribution in [1.82, 2.24) is 0 Å². The van der Waals surface area contributed by atoms with Crippen LogP contribution in [0.3, 0.4) is 0 Å². The average molecular weight is 288 g/mol. The fraction of sp³-hybridized carbons (Fsp3) is 0.188. The minimum atomic E-state index is -0.734. The zero-order valence-corrected chi connectivity index (χ0v) is 11.6. The first-order valence-corrected chi connectivity index (χ1v) is 6.43. The largest absolute Gasteiger partial charge is 0.465 e. The van der Waals surface area contributed by atoms with Crippen molar-refractivity contribution >= 4 is 6.29 Å². The maximum atomic E-state index is 10.3. The van der Waals surface area contributed by atoms with Crippen LogP contribution < -0.4 is 14.2 Å². The highest BCUT2D eigenvalue weighted by atomic mass is 16.7. The van der Waals surface area contributed by atoms with Crippen molar-refractivity contribution in [3.05, 3.63) is 54.1 Å². The molecule has 0 saturated carbocycles. The molecule has 5 nitrogen and oxygen atoms in total. The number of fused-ring (bicyclic) bond motifs is 1. The standard InChI is InChI=1S/C8H6O3.C8H10O2/c9-4-6-1-2-7-8(3-6)11-5-10-7;1-7(9)10-8-5-3-2-4-6-8/h1-4H,5H2;2-7,9H,1H3. The molecular formula is C16H16O5. The number of carbonyl (C=O) groups is 1. The molecule has 21 heavy (non-hydrogen) atoms. The molecule has 1 aliphatic heterocycles. The number of aliphatic hydroxyl groups is 1. The van der Waals surface area contributed by atoms with Crippen LogP contribution in [0, 0.1) is 0 Å². The molecule has 1 heterocycles. The quantitative estimate of drug-likeness (QED) is 0.694. The van der Waals surface area contributed by atoms with Gasteiger partial charge in [0, 0.05) is 5.56 Å². The van der Waals surface area contributed by atoms with Crippen molar-refractivity contribution in [3.63, 3.8) is 0 Å². The van der Waals surface area contributed by atoms with Gasteiger partial charge in [-0.15, -0.1) is 0 Å². The summed E-state index contributed by atoms with van der Waals surface area (Å²) in [7, 11) is 0. The molecule has 1 unspecified atom stereocenters. The van der Waals surface area contributed by atoms with E-state index in [4.69, 9.17) is 19.3 Å². The number of aldehydes is 1. The zero-order chi connectivity index (χ0) is 15.1. The third kappa shape index (κ3) is 4.50. The fourth-order valence-corrected chi connectivity index (χ4v) is 1.68. The van der Waals surface area contributed by atoms with Gasteiger partial charge in [0.25, 0.3) is 0 Å². The van der Waals surface area contributed by atoms with E-state index in [9.17, 15) is 4.79 Å². The van der Waals surface area contributed by atoms with Crippen LogP contribution in [-0.4, -0.2) is 24.5 Å². The van der Waals surface area contributed by atoms with E-state index in [0.717, 1.165) is 6.29 Å². The minimum absolute atomic E-state index is 0.248. The Hall–Kier alpha value is -2.53. The van der Waals surface area contributed by atoms with E-state index in [2.05, 4.69) is 0 Å². The van der Waals surface area contributed by atoms with Gasteiger partial charge in [-0.05, 0) is 37.3 Å². The normalized spacial score (nSPS) is 12.9. The summed E-state index contributed by atoms with van der Waals surface area (Å²) in [5.41, 5.74) is 0.606. The molecule has 0 spiro atoms. The van der Waals surface area contributed by atoms with E-state index in [1.807, 2.05) is 18.2 Å². The van der Waals surface area contributed by atoms with Crippen molar-refractivity contribution in [3.8, 4) is 17.2 Å². The number of aliphatic hydroxyl groups excluding tert-OH is 1. The lowest BCUT2D eigenvalue weighted by Gasteiger charge is -2.06. The molecule has 1 aliphatic rings. The molecule has 0 radical (unpaired) electrons. The molecule has 2 aromatic carbocycles. The van der Waals surface area contributed by atoms with Gasteiger partial charge >= 0.3 is 0 Å². The number of benzene rings is 2. The number of para-hydroxylation sites is 1. The summed E-state index contributed by atoms with van der Waals surface area (Å²) in [6, 6.07) is 14.3. The van der Waals surface area contributed by atoms with Gasteiger partial charge in [0.05, 0.1) is 0 Å². The van der Waals surface area contributed by atoms with Gasteiger partial charge in [-0.3, -0.25) is 4.79 Å². The number of rotatable bonds is 3. The van der Waals surface area contributed by atoms with Crippen LogP contribution in [0.4, 0.5) is 0 Å².